The Labute approximate surface area is 136 Å². The minimum Gasteiger partial charge on any atom is -0.494 e. The van der Waals surface area contributed by atoms with Crippen LogP contribution in [-0.4, -0.2) is 62.2 Å². The van der Waals surface area contributed by atoms with Gasteiger partial charge in [0.1, 0.15) is 0 Å². The molecule has 6 heteroatoms. The van der Waals surface area contributed by atoms with Crippen LogP contribution in [-0.2, 0) is 16.1 Å². The number of methoxy groups -OCH3 is 2. The quantitative estimate of drug-likeness (QED) is 0.796. The van der Waals surface area contributed by atoms with Gasteiger partial charge in [0, 0.05) is 45.2 Å². The van der Waals surface area contributed by atoms with E-state index in [1.165, 1.54) is 13.2 Å². The maximum absolute atomic E-state index is 13.8. The minimum absolute atomic E-state index is 0.164. The number of amides is 1. The third-order valence-electron chi connectivity index (χ3n) is 4.82. The molecule has 0 unspecified atom stereocenters. The van der Waals surface area contributed by atoms with Crippen LogP contribution in [0.1, 0.15) is 12.0 Å². The van der Waals surface area contributed by atoms with E-state index in [1.807, 2.05) is 11.0 Å². The summed E-state index contributed by atoms with van der Waals surface area (Å²) >= 11 is 0. The SMILES string of the molecule is COCCC(=O)N1C[C@H]2CN(Cc3ccc(OC)c(F)c3)[C@@H]2C1. The Hall–Kier alpha value is -1.66. The minimum atomic E-state index is -0.329. The van der Waals surface area contributed by atoms with Crippen LogP contribution in [0, 0.1) is 11.7 Å². The number of nitrogens with zero attached hydrogens (tertiary/aromatic N) is 2. The molecule has 3 rings (SSSR count). The van der Waals surface area contributed by atoms with Crippen LogP contribution in [0.2, 0.25) is 0 Å². The van der Waals surface area contributed by atoms with Gasteiger partial charge in [0.05, 0.1) is 20.1 Å². The zero-order chi connectivity index (χ0) is 16.4. The molecule has 0 bridgehead atoms. The lowest BCUT2D eigenvalue weighted by molar-refractivity contribution is -0.131. The van der Waals surface area contributed by atoms with Gasteiger partial charge in [-0.05, 0) is 17.7 Å². The van der Waals surface area contributed by atoms with Gasteiger partial charge in [0.2, 0.25) is 5.91 Å². The van der Waals surface area contributed by atoms with Crippen molar-refractivity contribution < 1.29 is 18.7 Å². The molecular formula is C17H23FN2O3. The summed E-state index contributed by atoms with van der Waals surface area (Å²) in [6.07, 6.45) is 0.444. The average molecular weight is 322 g/mol. The van der Waals surface area contributed by atoms with Crippen LogP contribution in [0.3, 0.4) is 0 Å². The number of carbonyl (C=O) groups excluding carboxylic acids is 1. The Kier molecular flexibility index (Phi) is 4.82. The fourth-order valence-corrected chi connectivity index (χ4v) is 3.52. The van der Waals surface area contributed by atoms with E-state index in [0.29, 0.717) is 31.5 Å². The number of rotatable bonds is 6. The monoisotopic (exact) mass is 322 g/mol. The molecule has 23 heavy (non-hydrogen) atoms. The molecular weight excluding hydrogens is 299 g/mol. The summed E-state index contributed by atoms with van der Waals surface area (Å²) in [4.78, 5) is 16.3. The van der Waals surface area contributed by atoms with E-state index < -0.39 is 0 Å². The lowest BCUT2D eigenvalue weighted by Gasteiger charge is -2.43. The van der Waals surface area contributed by atoms with E-state index in [0.717, 1.165) is 25.2 Å². The Morgan fingerprint density at radius 3 is 2.83 bits per heavy atom. The zero-order valence-electron chi connectivity index (χ0n) is 13.6. The van der Waals surface area contributed by atoms with Gasteiger partial charge in [0.25, 0.3) is 0 Å². The predicted octanol–water partition coefficient (Wildman–Crippen LogP) is 1.51. The normalized spacial score (nSPS) is 23.5. The Bertz CT molecular complexity index is 581. The molecule has 0 saturated carbocycles. The van der Waals surface area contributed by atoms with Crippen molar-refractivity contribution in [2.75, 3.05) is 40.5 Å². The van der Waals surface area contributed by atoms with Crippen molar-refractivity contribution in [3.05, 3.63) is 29.6 Å². The van der Waals surface area contributed by atoms with Crippen LogP contribution in [0.5, 0.6) is 5.75 Å². The third-order valence-corrected chi connectivity index (χ3v) is 4.82. The number of halogens is 1. The fraction of sp³-hybridized carbons (Fsp3) is 0.588. The molecule has 2 heterocycles. The number of likely N-dealkylation sites (tertiary alicyclic amines) is 2. The van der Waals surface area contributed by atoms with Gasteiger partial charge < -0.3 is 14.4 Å². The van der Waals surface area contributed by atoms with Gasteiger partial charge in [-0.1, -0.05) is 6.07 Å². The molecule has 0 aromatic heterocycles. The highest BCUT2D eigenvalue weighted by molar-refractivity contribution is 5.76. The fourth-order valence-electron chi connectivity index (χ4n) is 3.52. The van der Waals surface area contributed by atoms with E-state index in [9.17, 15) is 9.18 Å². The Morgan fingerprint density at radius 2 is 2.13 bits per heavy atom. The van der Waals surface area contributed by atoms with Crippen LogP contribution in [0.15, 0.2) is 18.2 Å². The van der Waals surface area contributed by atoms with Crippen LogP contribution in [0.4, 0.5) is 4.39 Å². The van der Waals surface area contributed by atoms with Gasteiger partial charge in [-0.2, -0.15) is 0 Å². The molecule has 2 aliphatic heterocycles. The number of hydrogen-bond acceptors (Lipinski definition) is 4. The van der Waals surface area contributed by atoms with E-state index in [1.54, 1.807) is 13.2 Å². The zero-order valence-corrected chi connectivity index (χ0v) is 13.6. The molecule has 2 saturated heterocycles. The van der Waals surface area contributed by atoms with Crippen molar-refractivity contribution in [3.63, 3.8) is 0 Å². The first-order valence-electron chi connectivity index (χ1n) is 7.95. The van der Waals surface area contributed by atoms with Crippen molar-refractivity contribution in [1.82, 2.24) is 9.80 Å². The third kappa shape index (κ3) is 3.33. The molecule has 1 aromatic carbocycles. The van der Waals surface area contributed by atoms with Crippen molar-refractivity contribution in [2.45, 2.75) is 19.0 Å². The summed E-state index contributed by atoms with van der Waals surface area (Å²) in [6, 6.07) is 5.48. The highest BCUT2D eigenvalue weighted by Gasteiger charge is 2.46. The van der Waals surface area contributed by atoms with Gasteiger partial charge in [-0.3, -0.25) is 9.69 Å². The first-order valence-corrected chi connectivity index (χ1v) is 7.95. The second-order valence-corrected chi connectivity index (χ2v) is 6.27. The number of carbonyl (C=O) groups is 1. The van der Waals surface area contributed by atoms with Crippen molar-refractivity contribution in [1.29, 1.82) is 0 Å². The summed E-state index contributed by atoms with van der Waals surface area (Å²) in [7, 11) is 3.07. The second-order valence-electron chi connectivity index (χ2n) is 6.27. The van der Waals surface area contributed by atoms with Crippen LogP contribution >= 0.6 is 0 Å². The summed E-state index contributed by atoms with van der Waals surface area (Å²) < 4.78 is 23.7. The maximum Gasteiger partial charge on any atom is 0.224 e. The molecule has 2 aliphatic rings. The van der Waals surface area contributed by atoms with E-state index >= 15 is 0 Å². The molecule has 5 nitrogen and oxygen atoms in total. The van der Waals surface area contributed by atoms with E-state index in [4.69, 9.17) is 9.47 Å². The Morgan fingerprint density at radius 1 is 1.30 bits per heavy atom. The van der Waals surface area contributed by atoms with Gasteiger partial charge in [0.15, 0.2) is 11.6 Å². The first-order chi connectivity index (χ1) is 11.1. The topological polar surface area (TPSA) is 42.0 Å². The molecule has 0 aliphatic carbocycles. The highest BCUT2D eigenvalue weighted by atomic mass is 19.1. The number of fused-ring (bicyclic) bond motifs is 1. The number of hydrogen-bond donors (Lipinski definition) is 0. The second kappa shape index (κ2) is 6.84. The first kappa shape index (κ1) is 16.2. The molecule has 2 fully saturated rings. The van der Waals surface area contributed by atoms with Crippen molar-refractivity contribution in [2.24, 2.45) is 5.92 Å². The lowest BCUT2D eigenvalue weighted by atomic mass is 9.91. The number of benzene rings is 1. The average Bonchev–Trinajstić information content (AvgIpc) is 2.88. The molecule has 1 aromatic rings. The molecule has 0 N–H and O–H groups in total. The van der Waals surface area contributed by atoms with Gasteiger partial charge in [-0.25, -0.2) is 4.39 Å². The molecule has 0 radical (unpaired) electrons. The summed E-state index contributed by atoms with van der Waals surface area (Å²) in [5.74, 6) is 0.650. The number of ether oxygens (including phenoxy) is 2. The summed E-state index contributed by atoms with van der Waals surface area (Å²) in [5, 5.41) is 0. The standard InChI is InChI=1S/C17H23FN2O3/c1-22-6-5-17(21)20-10-13-9-19(15(13)11-20)8-12-3-4-16(23-2)14(18)7-12/h3-4,7,13,15H,5-6,8-11H2,1-2H3/t13-,15-/m1/s1. The molecule has 1 amide bonds. The lowest BCUT2D eigenvalue weighted by Crippen LogP contribution is -2.54. The maximum atomic E-state index is 13.8. The van der Waals surface area contributed by atoms with Crippen LogP contribution in [0.25, 0.3) is 0 Å². The summed E-state index contributed by atoms with van der Waals surface area (Å²) in [5.41, 5.74) is 0.936. The smallest absolute Gasteiger partial charge is 0.224 e. The van der Waals surface area contributed by atoms with Crippen LogP contribution < -0.4 is 4.74 Å². The molecule has 2 atom stereocenters. The van der Waals surface area contributed by atoms with Gasteiger partial charge in [-0.15, -0.1) is 0 Å². The van der Waals surface area contributed by atoms with E-state index in [-0.39, 0.29) is 17.5 Å². The van der Waals surface area contributed by atoms with E-state index in [2.05, 4.69) is 4.90 Å². The summed E-state index contributed by atoms with van der Waals surface area (Å²) in [6.45, 7) is 3.75. The molecule has 126 valence electrons. The van der Waals surface area contributed by atoms with Gasteiger partial charge >= 0.3 is 0 Å². The Balaban J connectivity index is 1.55. The largest absolute Gasteiger partial charge is 0.494 e. The predicted molar refractivity (Wildman–Crippen MR) is 83.7 cm³/mol. The highest BCUT2D eigenvalue weighted by Crippen LogP contribution is 2.34. The van der Waals surface area contributed by atoms with Crippen molar-refractivity contribution >= 4 is 5.91 Å². The molecule has 0 spiro atoms. The van der Waals surface area contributed by atoms with Crippen molar-refractivity contribution in [3.8, 4) is 5.75 Å².